The van der Waals surface area contributed by atoms with Crippen LogP contribution in [0.4, 0.5) is 0 Å². The summed E-state index contributed by atoms with van der Waals surface area (Å²) >= 11 is 0. The highest BCUT2D eigenvalue weighted by molar-refractivity contribution is 5.97. The molecule has 1 heterocycles. The van der Waals surface area contributed by atoms with Gasteiger partial charge in [-0.05, 0) is 43.9 Å². The molecule has 0 bridgehead atoms. The molecule has 2 fully saturated rings. The first-order valence-corrected chi connectivity index (χ1v) is 13.4. The fourth-order valence-corrected chi connectivity index (χ4v) is 5.77. The SMILES string of the molecule is O=C(OCC(=O)N(C1CCCCC1)C1CCCCC1)c1oc2ccccc2c1COc1ccccc1. The summed E-state index contributed by atoms with van der Waals surface area (Å²) in [6.07, 6.45) is 11.3. The maximum atomic E-state index is 13.4. The lowest BCUT2D eigenvalue weighted by Crippen LogP contribution is -2.50. The van der Waals surface area contributed by atoms with Crippen molar-refractivity contribution in [3.8, 4) is 5.75 Å². The van der Waals surface area contributed by atoms with Crippen LogP contribution in [0.1, 0.15) is 80.3 Å². The minimum Gasteiger partial charge on any atom is -0.489 e. The van der Waals surface area contributed by atoms with Gasteiger partial charge in [0.1, 0.15) is 17.9 Å². The van der Waals surface area contributed by atoms with Gasteiger partial charge < -0.3 is 18.8 Å². The summed E-state index contributed by atoms with van der Waals surface area (Å²) in [5.74, 6) is 0.0912. The fraction of sp³-hybridized carbons (Fsp3) is 0.467. The van der Waals surface area contributed by atoms with E-state index in [4.69, 9.17) is 13.9 Å². The molecule has 36 heavy (non-hydrogen) atoms. The van der Waals surface area contributed by atoms with Crippen LogP contribution in [0.15, 0.2) is 59.0 Å². The third-order valence-electron chi connectivity index (χ3n) is 7.56. The number of furan rings is 1. The zero-order valence-corrected chi connectivity index (χ0v) is 20.8. The molecular weight excluding hydrogens is 454 g/mol. The van der Waals surface area contributed by atoms with E-state index in [1.807, 2.05) is 54.6 Å². The van der Waals surface area contributed by atoms with Crippen LogP contribution in [0.2, 0.25) is 0 Å². The monoisotopic (exact) mass is 489 g/mol. The third kappa shape index (κ3) is 5.58. The van der Waals surface area contributed by atoms with E-state index < -0.39 is 5.97 Å². The molecule has 1 amide bonds. The molecule has 0 unspecified atom stereocenters. The predicted octanol–water partition coefficient (Wildman–Crippen LogP) is 6.66. The van der Waals surface area contributed by atoms with Gasteiger partial charge in [0, 0.05) is 17.5 Å². The van der Waals surface area contributed by atoms with Crippen molar-refractivity contribution in [3.63, 3.8) is 0 Å². The van der Waals surface area contributed by atoms with Gasteiger partial charge in [-0.15, -0.1) is 0 Å². The van der Waals surface area contributed by atoms with E-state index in [-0.39, 0.29) is 37.0 Å². The summed E-state index contributed by atoms with van der Waals surface area (Å²) in [6, 6.07) is 17.4. The Labute approximate surface area is 212 Å². The van der Waals surface area contributed by atoms with Crippen LogP contribution in [0.5, 0.6) is 5.75 Å². The van der Waals surface area contributed by atoms with Gasteiger partial charge in [0.15, 0.2) is 6.61 Å². The summed E-state index contributed by atoms with van der Waals surface area (Å²) in [7, 11) is 0. The molecule has 2 aliphatic rings. The lowest BCUT2D eigenvalue weighted by molar-refractivity contribution is -0.141. The summed E-state index contributed by atoms with van der Waals surface area (Å²) in [4.78, 5) is 28.7. The molecule has 0 N–H and O–H groups in total. The van der Waals surface area contributed by atoms with E-state index in [0.29, 0.717) is 16.9 Å². The summed E-state index contributed by atoms with van der Waals surface area (Å²) in [5, 5.41) is 0.803. The normalized spacial score (nSPS) is 17.1. The van der Waals surface area contributed by atoms with Crippen LogP contribution in [-0.2, 0) is 16.1 Å². The average Bonchev–Trinajstić information content (AvgIpc) is 3.31. The number of amides is 1. The van der Waals surface area contributed by atoms with Gasteiger partial charge in [-0.2, -0.15) is 0 Å². The molecule has 190 valence electrons. The van der Waals surface area contributed by atoms with E-state index >= 15 is 0 Å². The number of esters is 1. The van der Waals surface area contributed by atoms with E-state index in [1.165, 1.54) is 12.8 Å². The first-order chi connectivity index (χ1) is 17.7. The Morgan fingerprint density at radius 3 is 2.08 bits per heavy atom. The average molecular weight is 490 g/mol. The van der Waals surface area contributed by atoms with Gasteiger partial charge in [-0.3, -0.25) is 4.79 Å². The number of para-hydroxylation sites is 2. The Morgan fingerprint density at radius 2 is 1.42 bits per heavy atom. The van der Waals surface area contributed by atoms with Crippen molar-refractivity contribution in [2.45, 2.75) is 82.9 Å². The molecule has 2 aromatic carbocycles. The number of carbonyl (C=O) groups is 2. The van der Waals surface area contributed by atoms with Crippen molar-refractivity contribution in [3.05, 3.63) is 65.9 Å². The zero-order chi connectivity index (χ0) is 24.7. The molecule has 0 aliphatic heterocycles. The second-order valence-electron chi connectivity index (χ2n) is 9.97. The minimum atomic E-state index is -0.626. The van der Waals surface area contributed by atoms with Gasteiger partial charge >= 0.3 is 5.97 Å². The number of rotatable bonds is 8. The van der Waals surface area contributed by atoms with Gasteiger partial charge in [0.05, 0.1) is 5.56 Å². The molecule has 6 heteroatoms. The lowest BCUT2D eigenvalue weighted by Gasteiger charge is -2.41. The maximum absolute atomic E-state index is 13.4. The summed E-state index contributed by atoms with van der Waals surface area (Å²) in [5.41, 5.74) is 1.22. The van der Waals surface area contributed by atoms with Crippen LogP contribution in [0.25, 0.3) is 11.0 Å². The number of carbonyl (C=O) groups excluding carboxylic acids is 2. The fourth-order valence-electron chi connectivity index (χ4n) is 5.77. The van der Waals surface area contributed by atoms with Crippen molar-refractivity contribution < 1.29 is 23.5 Å². The summed E-state index contributed by atoms with van der Waals surface area (Å²) in [6.45, 7) is -0.0997. The third-order valence-corrected chi connectivity index (χ3v) is 7.56. The van der Waals surface area contributed by atoms with Gasteiger partial charge in [-0.25, -0.2) is 4.79 Å². The van der Waals surface area contributed by atoms with Crippen LogP contribution >= 0.6 is 0 Å². The Kier molecular flexibility index (Phi) is 7.89. The van der Waals surface area contributed by atoms with E-state index in [2.05, 4.69) is 4.90 Å². The second-order valence-corrected chi connectivity index (χ2v) is 9.97. The van der Waals surface area contributed by atoms with Crippen molar-refractivity contribution in [2.75, 3.05) is 6.61 Å². The number of nitrogens with zero attached hydrogens (tertiary/aromatic N) is 1. The lowest BCUT2D eigenvalue weighted by atomic mass is 9.88. The highest BCUT2D eigenvalue weighted by Gasteiger charge is 2.33. The zero-order valence-electron chi connectivity index (χ0n) is 20.8. The Hall–Kier alpha value is -3.28. The molecule has 5 rings (SSSR count). The number of hydrogen-bond donors (Lipinski definition) is 0. The maximum Gasteiger partial charge on any atom is 0.375 e. The van der Waals surface area contributed by atoms with Gasteiger partial charge in [0.2, 0.25) is 5.76 Å². The molecule has 0 spiro atoms. The number of fused-ring (bicyclic) bond motifs is 1. The first kappa shape index (κ1) is 24.4. The smallest absolute Gasteiger partial charge is 0.375 e. The summed E-state index contributed by atoms with van der Waals surface area (Å²) < 4.78 is 17.4. The molecule has 2 saturated carbocycles. The molecule has 0 atom stereocenters. The molecule has 3 aromatic rings. The van der Waals surface area contributed by atoms with E-state index in [9.17, 15) is 9.59 Å². The Morgan fingerprint density at radius 1 is 0.806 bits per heavy atom. The van der Waals surface area contributed by atoms with E-state index in [0.717, 1.165) is 56.8 Å². The highest BCUT2D eigenvalue weighted by atomic mass is 16.5. The van der Waals surface area contributed by atoms with Crippen LogP contribution < -0.4 is 4.74 Å². The Balaban J connectivity index is 1.31. The van der Waals surface area contributed by atoms with Crippen LogP contribution in [0, 0.1) is 0 Å². The van der Waals surface area contributed by atoms with Crippen molar-refractivity contribution in [1.29, 1.82) is 0 Å². The van der Waals surface area contributed by atoms with Crippen molar-refractivity contribution >= 4 is 22.8 Å². The molecule has 0 radical (unpaired) electrons. The highest BCUT2D eigenvalue weighted by Crippen LogP contribution is 2.31. The topological polar surface area (TPSA) is 69.0 Å². The van der Waals surface area contributed by atoms with E-state index in [1.54, 1.807) is 0 Å². The molecule has 1 aromatic heterocycles. The molecular formula is C30H35NO5. The van der Waals surface area contributed by atoms with Gasteiger partial charge in [0.25, 0.3) is 5.91 Å². The number of ether oxygens (including phenoxy) is 2. The largest absolute Gasteiger partial charge is 0.489 e. The quantitative estimate of drug-likeness (QED) is 0.331. The van der Waals surface area contributed by atoms with Crippen molar-refractivity contribution in [1.82, 2.24) is 4.90 Å². The van der Waals surface area contributed by atoms with Crippen LogP contribution in [0.3, 0.4) is 0 Å². The standard InChI is InChI=1S/C30H35NO5/c32-28(31(22-12-4-1-5-13-22)23-14-6-2-7-15-23)21-35-30(33)29-26(20-34-24-16-8-3-9-17-24)25-18-10-11-19-27(25)36-29/h3,8-11,16-19,22-23H,1-2,4-7,12-15,20-21H2. The molecule has 2 aliphatic carbocycles. The second kappa shape index (κ2) is 11.6. The van der Waals surface area contributed by atoms with Crippen molar-refractivity contribution in [2.24, 2.45) is 0 Å². The first-order valence-electron chi connectivity index (χ1n) is 13.4. The number of hydrogen-bond acceptors (Lipinski definition) is 5. The predicted molar refractivity (Wildman–Crippen MR) is 138 cm³/mol. The molecule has 0 saturated heterocycles. The minimum absolute atomic E-state index is 0.0830. The van der Waals surface area contributed by atoms with Crippen LogP contribution in [-0.4, -0.2) is 35.5 Å². The number of benzene rings is 2. The van der Waals surface area contributed by atoms with Gasteiger partial charge in [-0.1, -0.05) is 74.9 Å². The Bertz CT molecular complexity index is 1140. The molecule has 6 nitrogen and oxygen atoms in total.